The Kier molecular flexibility index (Phi) is 8.98. The molecule has 0 amide bonds. The largest absolute Gasteiger partial charge is 0.477 e. The van der Waals surface area contributed by atoms with Crippen molar-refractivity contribution < 1.29 is 49.8 Å². The fourth-order valence-electron chi connectivity index (χ4n) is 3.34. The van der Waals surface area contributed by atoms with Crippen molar-refractivity contribution in [2.45, 2.75) is 42.9 Å². The Bertz CT molecular complexity index is 1690. The number of aromatic carboxylic acids is 1. The lowest BCUT2D eigenvalue weighted by Gasteiger charge is -2.22. The lowest BCUT2D eigenvalue weighted by molar-refractivity contribution is -0.142. The highest BCUT2D eigenvalue weighted by atomic mass is 32.2. The fraction of sp³-hybridized carbons (Fsp3) is 0.292. The summed E-state index contributed by atoms with van der Waals surface area (Å²) >= 11 is 1.12. The first-order valence-corrected chi connectivity index (χ1v) is 13.8. The van der Waals surface area contributed by atoms with Gasteiger partial charge in [0.05, 0.1) is 29.6 Å². The SMILES string of the molecule is Cc1sc(S(=O)(=O)NC(C)(C)CO)cc1N.O=C(O)c1cnn2c(C(F)(F)F)cc(-c3ccc(C(F)(F)F)cc3)nc12. The van der Waals surface area contributed by atoms with E-state index >= 15 is 0 Å². The van der Waals surface area contributed by atoms with Crippen molar-refractivity contribution in [3.63, 3.8) is 0 Å². The molecule has 0 unspecified atom stereocenters. The number of alkyl halides is 6. The molecule has 0 bridgehead atoms. The number of hydrogen-bond acceptors (Lipinski definition) is 8. The number of halogens is 6. The average molecular weight is 640 g/mol. The number of thiophene rings is 1. The average Bonchev–Trinajstić information content (AvgIpc) is 3.45. The molecule has 228 valence electrons. The number of nitrogens with one attached hydrogen (secondary N) is 1. The molecule has 3 heterocycles. The minimum absolute atomic E-state index is 0.0384. The van der Waals surface area contributed by atoms with E-state index < -0.39 is 56.4 Å². The number of aromatic nitrogens is 3. The second-order valence-electron chi connectivity index (χ2n) is 9.42. The van der Waals surface area contributed by atoms with Gasteiger partial charge in [-0.1, -0.05) is 12.1 Å². The smallest absolute Gasteiger partial charge is 0.433 e. The standard InChI is InChI=1S/C15H7F6N3O2.C9H16N2O3S2/c16-14(17,18)8-3-1-7(2-4-8)10-5-11(15(19,20)21)24-12(23-10)9(6-22-24)13(25)26;1-6-7(10)4-8(15-6)16(13,14)11-9(2,3)5-12/h1-6H,(H,25,26);4,11-12H,5,10H2,1-3H3. The number of carbonyl (C=O) groups is 1. The minimum Gasteiger partial charge on any atom is -0.477 e. The molecule has 0 radical (unpaired) electrons. The number of anilines is 1. The van der Waals surface area contributed by atoms with E-state index in [0.717, 1.165) is 34.5 Å². The van der Waals surface area contributed by atoms with Crippen LogP contribution in [0.15, 0.2) is 46.8 Å². The maximum atomic E-state index is 13.3. The number of fused-ring (bicyclic) bond motifs is 1. The molecule has 0 saturated heterocycles. The van der Waals surface area contributed by atoms with E-state index in [0.29, 0.717) is 28.4 Å². The highest BCUT2D eigenvalue weighted by Crippen LogP contribution is 2.34. The molecule has 0 fully saturated rings. The predicted molar refractivity (Wildman–Crippen MR) is 140 cm³/mol. The van der Waals surface area contributed by atoms with Gasteiger partial charge in [0.1, 0.15) is 9.77 Å². The Labute approximate surface area is 238 Å². The molecule has 5 N–H and O–H groups in total. The first-order chi connectivity index (χ1) is 19.2. The summed E-state index contributed by atoms with van der Waals surface area (Å²) in [5.74, 6) is -1.54. The molecule has 0 aliphatic rings. The van der Waals surface area contributed by atoms with Crippen LogP contribution in [0, 0.1) is 6.92 Å². The van der Waals surface area contributed by atoms with Crippen molar-refractivity contribution >= 4 is 38.7 Å². The van der Waals surface area contributed by atoms with E-state index in [1.807, 2.05) is 0 Å². The maximum Gasteiger partial charge on any atom is 0.433 e. The number of nitrogens with two attached hydrogens (primary N) is 1. The van der Waals surface area contributed by atoms with Crippen LogP contribution in [0.2, 0.25) is 0 Å². The van der Waals surface area contributed by atoms with Crippen LogP contribution in [-0.4, -0.2) is 51.3 Å². The maximum absolute atomic E-state index is 13.3. The first kappa shape index (κ1) is 32.8. The summed E-state index contributed by atoms with van der Waals surface area (Å²) in [6, 6.07) is 5.33. The van der Waals surface area contributed by atoms with E-state index in [4.69, 9.17) is 15.9 Å². The zero-order valence-corrected chi connectivity index (χ0v) is 23.5. The van der Waals surface area contributed by atoms with Gasteiger partial charge in [0.2, 0.25) is 0 Å². The quantitative estimate of drug-likeness (QED) is 0.219. The van der Waals surface area contributed by atoms with Crippen molar-refractivity contribution in [1.29, 1.82) is 0 Å². The van der Waals surface area contributed by atoms with Gasteiger partial charge in [0, 0.05) is 16.1 Å². The summed E-state index contributed by atoms with van der Waals surface area (Å²) in [5.41, 5.74) is 1.40. The Morgan fingerprint density at radius 3 is 2.12 bits per heavy atom. The zero-order valence-electron chi connectivity index (χ0n) is 21.9. The van der Waals surface area contributed by atoms with Crippen LogP contribution >= 0.6 is 11.3 Å². The minimum atomic E-state index is -4.89. The zero-order chi connectivity index (χ0) is 31.8. The van der Waals surface area contributed by atoms with E-state index in [-0.39, 0.29) is 22.1 Å². The number of aliphatic hydroxyl groups is 1. The van der Waals surface area contributed by atoms with Gasteiger partial charge in [0.15, 0.2) is 11.3 Å². The number of rotatable bonds is 6. The molecule has 0 atom stereocenters. The second-order valence-corrected chi connectivity index (χ2v) is 12.6. The molecule has 4 rings (SSSR count). The third-order valence-corrected chi connectivity index (χ3v) is 8.74. The van der Waals surface area contributed by atoms with Crippen molar-refractivity contribution in [1.82, 2.24) is 19.3 Å². The molecule has 1 aromatic carbocycles. The Balaban J connectivity index is 0.000000260. The molecule has 10 nitrogen and oxygen atoms in total. The highest BCUT2D eigenvalue weighted by molar-refractivity contribution is 7.91. The molecule has 0 saturated carbocycles. The first-order valence-electron chi connectivity index (χ1n) is 11.5. The molecule has 42 heavy (non-hydrogen) atoms. The Hall–Kier alpha value is -3.74. The van der Waals surface area contributed by atoms with Gasteiger partial charge < -0.3 is 15.9 Å². The number of nitrogen functional groups attached to an aromatic ring is 1. The van der Waals surface area contributed by atoms with Crippen LogP contribution in [0.3, 0.4) is 0 Å². The summed E-state index contributed by atoms with van der Waals surface area (Å²) in [4.78, 5) is 15.7. The lowest BCUT2D eigenvalue weighted by Crippen LogP contribution is -2.45. The molecule has 3 aromatic heterocycles. The van der Waals surface area contributed by atoms with Crippen molar-refractivity contribution in [2.24, 2.45) is 0 Å². The fourth-order valence-corrected chi connectivity index (χ4v) is 6.12. The van der Waals surface area contributed by atoms with Gasteiger partial charge in [-0.25, -0.2) is 27.4 Å². The van der Waals surface area contributed by atoms with Gasteiger partial charge in [0.25, 0.3) is 10.0 Å². The van der Waals surface area contributed by atoms with E-state index in [9.17, 15) is 39.6 Å². The number of nitrogens with zero attached hydrogens (tertiary/aromatic N) is 3. The van der Waals surface area contributed by atoms with Gasteiger partial charge in [-0.2, -0.15) is 31.4 Å². The molecule has 4 aromatic rings. The van der Waals surface area contributed by atoms with E-state index in [2.05, 4.69) is 14.8 Å². The van der Waals surface area contributed by atoms with Gasteiger partial charge in [-0.05, 0) is 45.0 Å². The number of hydrogen-bond donors (Lipinski definition) is 4. The monoisotopic (exact) mass is 639 g/mol. The van der Waals surface area contributed by atoms with Crippen molar-refractivity contribution in [3.8, 4) is 11.3 Å². The van der Waals surface area contributed by atoms with E-state index in [1.165, 1.54) is 6.07 Å². The van der Waals surface area contributed by atoms with Crippen LogP contribution in [0.25, 0.3) is 16.9 Å². The second kappa shape index (κ2) is 11.5. The Morgan fingerprint density at radius 1 is 1.07 bits per heavy atom. The number of benzene rings is 1. The summed E-state index contributed by atoms with van der Waals surface area (Å²) in [6.45, 7) is 4.70. The number of carboxylic acids is 1. The third-order valence-electron chi connectivity index (χ3n) is 5.51. The molecule has 18 heteroatoms. The summed E-state index contributed by atoms with van der Waals surface area (Å²) in [5, 5.41) is 21.5. The molecular formula is C24H23F6N5O5S2. The molecule has 0 aliphatic carbocycles. The van der Waals surface area contributed by atoms with E-state index in [1.54, 1.807) is 20.8 Å². The van der Waals surface area contributed by atoms with Crippen LogP contribution in [0.4, 0.5) is 32.0 Å². The normalized spacial score (nSPS) is 12.7. The summed E-state index contributed by atoms with van der Waals surface area (Å²) in [7, 11) is -3.60. The summed E-state index contributed by atoms with van der Waals surface area (Å²) < 4.78 is 104. The number of aryl methyl sites for hydroxylation is 1. The van der Waals surface area contributed by atoms with Crippen molar-refractivity contribution in [2.75, 3.05) is 12.3 Å². The summed E-state index contributed by atoms with van der Waals surface area (Å²) in [6.07, 6.45) is -8.77. The van der Waals surface area contributed by atoms with Crippen molar-refractivity contribution in [3.05, 3.63) is 64.3 Å². The third kappa shape index (κ3) is 7.36. The van der Waals surface area contributed by atoms with Crippen LogP contribution in [0.1, 0.15) is 40.3 Å². The topological polar surface area (TPSA) is 160 Å². The lowest BCUT2D eigenvalue weighted by atomic mass is 10.1. The number of aliphatic hydroxyl groups excluding tert-OH is 1. The molecule has 0 aliphatic heterocycles. The Morgan fingerprint density at radius 2 is 1.67 bits per heavy atom. The van der Waals surface area contributed by atoms with Crippen LogP contribution < -0.4 is 10.5 Å². The van der Waals surface area contributed by atoms with Gasteiger partial charge in [-0.3, -0.25) is 0 Å². The van der Waals surface area contributed by atoms with Crippen LogP contribution in [0.5, 0.6) is 0 Å². The number of sulfonamides is 1. The predicted octanol–water partition coefficient (Wildman–Crippen LogP) is 4.82. The van der Waals surface area contributed by atoms with Crippen LogP contribution in [-0.2, 0) is 22.4 Å². The molecular weight excluding hydrogens is 616 g/mol. The van der Waals surface area contributed by atoms with Gasteiger partial charge in [-0.15, -0.1) is 11.3 Å². The highest BCUT2D eigenvalue weighted by Gasteiger charge is 2.36. The van der Waals surface area contributed by atoms with Gasteiger partial charge >= 0.3 is 18.3 Å². The molecule has 0 spiro atoms. The number of carboxylic acid groups (broad SMARTS) is 1.